The van der Waals surface area contributed by atoms with E-state index in [-0.39, 0.29) is 19.1 Å². The fourth-order valence-corrected chi connectivity index (χ4v) is 0.981. The van der Waals surface area contributed by atoms with Crippen LogP contribution in [0.25, 0.3) is 0 Å². The van der Waals surface area contributed by atoms with E-state index in [9.17, 15) is 9.59 Å². The lowest BCUT2D eigenvalue weighted by molar-refractivity contribution is -0.122. The van der Waals surface area contributed by atoms with Crippen molar-refractivity contribution in [3.8, 4) is 11.8 Å². The highest BCUT2D eigenvalue weighted by atomic mass is 16.5. The van der Waals surface area contributed by atoms with E-state index < -0.39 is 0 Å². The number of aldehydes is 1. The summed E-state index contributed by atoms with van der Waals surface area (Å²) in [7, 11) is 0. The molecule has 1 N–H and O–H groups in total. The van der Waals surface area contributed by atoms with Gasteiger partial charge in [0, 0.05) is 5.56 Å². The molecule has 0 heterocycles. The standard InChI is InChI=1S/C11H10N2O3/c12-5-6-13-11(15)8-16-10-3-1-9(7-14)2-4-10/h1-4,7H,6,8H2,(H,13,15). The first-order valence-electron chi connectivity index (χ1n) is 4.58. The van der Waals surface area contributed by atoms with E-state index in [1.807, 2.05) is 0 Å². The van der Waals surface area contributed by atoms with Crippen LogP contribution in [-0.4, -0.2) is 25.3 Å². The number of benzene rings is 1. The molecule has 0 radical (unpaired) electrons. The van der Waals surface area contributed by atoms with E-state index in [1.54, 1.807) is 30.3 Å². The molecule has 1 amide bonds. The molecule has 16 heavy (non-hydrogen) atoms. The van der Waals surface area contributed by atoms with Gasteiger partial charge in [-0.3, -0.25) is 9.59 Å². The Morgan fingerprint density at radius 2 is 2.12 bits per heavy atom. The van der Waals surface area contributed by atoms with Crippen LogP contribution in [0.4, 0.5) is 0 Å². The van der Waals surface area contributed by atoms with Gasteiger partial charge in [-0.05, 0) is 24.3 Å². The summed E-state index contributed by atoms with van der Waals surface area (Å²) >= 11 is 0. The summed E-state index contributed by atoms with van der Waals surface area (Å²) in [5.74, 6) is 0.138. The van der Waals surface area contributed by atoms with Crippen molar-refractivity contribution in [3.63, 3.8) is 0 Å². The van der Waals surface area contributed by atoms with E-state index in [2.05, 4.69) is 5.32 Å². The predicted molar refractivity (Wildman–Crippen MR) is 55.9 cm³/mol. The Morgan fingerprint density at radius 3 is 2.69 bits per heavy atom. The summed E-state index contributed by atoms with van der Waals surface area (Å²) in [4.78, 5) is 21.4. The van der Waals surface area contributed by atoms with Crippen molar-refractivity contribution >= 4 is 12.2 Å². The molecule has 5 heteroatoms. The van der Waals surface area contributed by atoms with Gasteiger partial charge in [0.2, 0.25) is 0 Å². The Balaban J connectivity index is 2.39. The van der Waals surface area contributed by atoms with Gasteiger partial charge in [0.25, 0.3) is 5.91 Å². The Kier molecular flexibility index (Phi) is 4.54. The number of hydrogen-bond acceptors (Lipinski definition) is 4. The van der Waals surface area contributed by atoms with Gasteiger partial charge in [-0.1, -0.05) is 0 Å². The molecule has 0 fully saturated rings. The summed E-state index contributed by atoms with van der Waals surface area (Å²) in [6, 6.07) is 8.17. The topological polar surface area (TPSA) is 79.2 Å². The van der Waals surface area contributed by atoms with Crippen molar-refractivity contribution in [1.29, 1.82) is 5.26 Å². The van der Waals surface area contributed by atoms with Gasteiger partial charge in [0.05, 0.1) is 6.07 Å². The van der Waals surface area contributed by atoms with Gasteiger partial charge in [-0.2, -0.15) is 5.26 Å². The third-order valence-electron chi connectivity index (χ3n) is 1.75. The van der Waals surface area contributed by atoms with Crippen molar-refractivity contribution in [2.45, 2.75) is 0 Å². The van der Waals surface area contributed by atoms with Gasteiger partial charge in [0.1, 0.15) is 18.6 Å². The first-order chi connectivity index (χ1) is 7.76. The zero-order chi connectivity index (χ0) is 11.8. The first-order valence-corrected chi connectivity index (χ1v) is 4.58. The van der Waals surface area contributed by atoms with Gasteiger partial charge >= 0.3 is 0 Å². The molecule has 0 unspecified atom stereocenters. The average molecular weight is 218 g/mol. The highest BCUT2D eigenvalue weighted by Gasteiger charge is 2.01. The molecule has 0 saturated heterocycles. The molecule has 0 spiro atoms. The smallest absolute Gasteiger partial charge is 0.258 e. The number of carbonyl (C=O) groups excluding carboxylic acids is 2. The van der Waals surface area contributed by atoms with E-state index in [0.29, 0.717) is 11.3 Å². The summed E-state index contributed by atoms with van der Waals surface area (Å²) in [5, 5.41) is 10.6. The second-order valence-corrected chi connectivity index (χ2v) is 2.91. The molecule has 0 saturated carbocycles. The lowest BCUT2D eigenvalue weighted by Crippen LogP contribution is -2.28. The molecule has 0 aromatic heterocycles. The van der Waals surface area contributed by atoms with Gasteiger partial charge in [-0.15, -0.1) is 0 Å². The molecule has 0 aliphatic heterocycles. The second kappa shape index (κ2) is 6.19. The molecule has 1 aromatic rings. The number of carbonyl (C=O) groups is 2. The molecule has 0 aliphatic rings. The number of ether oxygens (including phenoxy) is 1. The Hall–Kier alpha value is -2.35. The maximum atomic E-state index is 11.1. The van der Waals surface area contributed by atoms with Crippen LogP contribution in [0.5, 0.6) is 5.75 Å². The van der Waals surface area contributed by atoms with Crippen LogP contribution >= 0.6 is 0 Å². The highest BCUT2D eigenvalue weighted by Crippen LogP contribution is 2.10. The summed E-state index contributed by atoms with van der Waals surface area (Å²) < 4.78 is 5.13. The van der Waals surface area contributed by atoms with Crippen LogP contribution in [0, 0.1) is 11.3 Å². The molecule has 1 aromatic carbocycles. The van der Waals surface area contributed by atoms with Crippen LogP contribution in [0.3, 0.4) is 0 Å². The molecular formula is C11H10N2O3. The monoisotopic (exact) mass is 218 g/mol. The Morgan fingerprint density at radius 1 is 1.44 bits per heavy atom. The molecule has 0 bridgehead atoms. The second-order valence-electron chi connectivity index (χ2n) is 2.91. The number of nitrogens with one attached hydrogen (secondary N) is 1. The molecule has 82 valence electrons. The number of nitrogens with zero attached hydrogens (tertiary/aromatic N) is 1. The van der Waals surface area contributed by atoms with E-state index >= 15 is 0 Å². The minimum absolute atomic E-state index is 0.0354. The third kappa shape index (κ3) is 3.80. The van der Waals surface area contributed by atoms with Crippen LogP contribution in [-0.2, 0) is 4.79 Å². The molecule has 5 nitrogen and oxygen atoms in total. The maximum absolute atomic E-state index is 11.1. The number of amides is 1. The maximum Gasteiger partial charge on any atom is 0.258 e. The van der Waals surface area contributed by atoms with E-state index in [1.165, 1.54) is 0 Å². The number of nitriles is 1. The van der Waals surface area contributed by atoms with Gasteiger partial charge in [-0.25, -0.2) is 0 Å². The highest BCUT2D eigenvalue weighted by molar-refractivity contribution is 5.78. The van der Waals surface area contributed by atoms with Gasteiger partial charge < -0.3 is 10.1 Å². The van der Waals surface area contributed by atoms with Crippen molar-refractivity contribution < 1.29 is 14.3 Å². The van der Waals surface area contributed by atoms with Gasteiger partial charge in [0.15, 0.2) is 6.61 Å². The van der Waals surface area contributed by atoms with Crippen LogP contribution < -0.4 is 10.1 Å². The Labute approximate surface area is 92.6 Å². The molecular weight excluding hydrogens is 208 g/mol. The summed E-state index contributed by atoms with van der Waals surface area (Å²) in [5.41, 5.74) is 0.543. The average Bonchev–Trinajstić information content (AvgIpc) is 2.34. The molecule has 0 atom stereocenters. The molecule has 1 rings (SSSR count). The third-order valence-corrected chi connectivity index (χ3v) is 1.75. The van der Waals surface area contributed by atoms with Crippen molar-refractivity contribution in [2.24, 2.45) is 0 Å². The van der Waals surface area contributed by atoms with Crippen molar-refractivity contribution in [2.75, 3.05) is 13.2 Å². The molecule has 0 aliphatic carbocycles. The van der Waals surface area contributed by atoms with Crippen LogP contribution in [0.1, 0.15) is 10.4 Å². The van der Waals surface area contributed by atoms with Crippen molar-refractivity contribution in [1.82, 2.24) is 5.32 Å². The van der Waals surface area contributed by atoms with Crippen LogP contribution in [0.15, 0.2) is 24.3 Å². The SMILES string of the molecule is N#CCNC(=O)COc1ccc(C=O)cc1. The number of rotatable bonds is 5. The van der Waals surface area contributed by atoms with E-state index in [4.69, 9.17) is 10.00 Å². The fraction of sp³-hybridized carbons (Fsp3) is 0.182. The predicted octanol–water partition coefficient (Wildman–Crippen LogP) is 0.518. The normalized spacial score (nSPS) is 8.94. The Bertz CT molecular complexity index is 406. The minimum Gasteiger partial charge on any atom is -0.484 e. The van der Waals surface area contributed by atoms with Crippen LogP contribution in [0.2, 0.25) is 0 Å². The zero-order valence-electron chi connectivity index (χ0n) is 8.47. The fourth-order valence-electron chi connectivity index (χ4n) is 0.981. The summed E-state index contributed by atoms with van der Waals surface area (Å²) in [6.07, 6.45) is 0.726. The lowest BCUT2D eigenvalue weighted by atomic mass is 10.2. The number of hydrogen-bond donors (Lipinski definition) is 1. The summed E-state index contributed by atoms with van der Waals surface area (Å²) in [6.45, 7) is -0.186. The zero-order valence-corrected chi connectivity index (χ0v) is 8.47. The largest absolute Gasteiger partial charge is 0.484 e. The van der Waals surface area contributed by atoms with E-state index in [0.717, 1.165) is 6.29 Å². The lowest BCUT2D eigenvalue weighted by Gasteiger charge is -2.05. The minimum atomic E-state index is -0.360. The quantitative estimate of drug-likeness (QED) is 0.577. The van der Waals surface area contributed by atoms with Crippen molar-refractivity contribution in [3.05, 3.63) is 29.8 Å². The first kappa shape index (κ1) is 11.7.